The Labute approximate surface area is 185 Å². The molecule has 2 fully saturated rings. The molecule has 32 heavy (non-hydrogen) atoms. The van der Waals surface area contributed by atoms with Crippen LogP contribution in [0.4, 0.5) is 10.2 Å². The summed E-state index contributed by atoms with van der Waals surface area (Å²) < 4.78 is 22.3. The van der Waals surface area contributed by atoms with Crippen LogP contribution in [0, 0.1) is 5.82 Å². The molecule has 3 atom stereocenters. The number of nitrogens with zero attached hydrogens (tertiary/aromatic N) is 3. The smallest absolute Gasteiger partial charge is 0.323 e. The van der Waals surface area contributed by atoms with E-state index in [2.05, 4.69) is 30.2 Å². The maximum absolute atomic E-state index is 16.0. The quantitative estimate of drug-likeness (QED) is 0.410. The Kier molecular flexibility index (Phi) is 3.70. The van der Waals surface area contributed by atoms with E-state index in [0.29, 0.717) is 46.2 Å². The fourth-order valence-electron chi connectivity index (χ4n) is 5.55. The summed E-state index contributed by atoms with van der Waals surface area (Å²) in [7, 11) is 0. The molecule has 2 bridgehead atoms. The van der Waals surface area contributed by atoms with E-state index in [9.17, 15) is 4.79 Å². The zero-order valence-corrected chi connectivity index (χ0v) is 17.5. The topological polar surface area (TPSA) is 98.9 Å². The summed E-state index contributed by atoms with van der Waals surface area (Å²) in [6, 6.07) is 5.95. The van der Waals surface area contributed by atoms with E-state index in [0.717, 1.165) is 19.4 Å². The number of ether oxygens (including phenoxy) is 1. The number of halogens is 2. The summed E-state index contributed by atoms with van der Waals surface area (Å²) in [5.74, 6) is 0.479. The maximum atomic E-state index is 16.0. The molecule has 0 unspecified atom stereocenters. The van der Waals surface area contributed by atoms with Crippen molar-refractivity contribution in [3.63, 3.8) is 0 Å². The normalized spacial score (nSPS) is 23.9. The highest BCUT2D eigenvalue weighted by molar-refractivity contribution is 6.37. The molecule has 3 aliphatic heterocycles. The van der Waals surface area contributed by atoms with Gasteiger partial charge in [0.2, 0.25) is 0 Å². The molecule has 0 amide bonds. The summed E-state index contributed by atoms with van der Waals surface area (Å²) in [4.78, 5) is 28.4. The van der Waals surface area contributed by atoms with Crippen molar-refractivity contribution in [2.75, 3.05) is 18.1 Å². The predicted molar refractivity (Wildman–Crippen MR) is 119 cm³/mol. The third-order valence-corrected chi connectivity index (χ3v) is 7.31. The van der Waals surface area contributed by atoms with E-state index in [1.165, 1.54) is 6.33 Å². The number of hydrogen-bond donors (Lipinski definition) is 3. The first-order valence-corrected chi connectivity index (χ1v) is 11.0. The Morgan fingerprint density at radius 1 is 1.22 bits per heavy atom. The van der Waals surface area contributed by atoms with Crippen molar-refractivity contribution in [1.82, 2.24) is 25.3 Å². The van der Waals surface area contributed by atoms with Crippen LogP contribution in [0.2, 0.25) is 5.02 Å². The Hall–Kier alpha value is -3.17. The summed E-state index contributed by atoms with van der Waals surface area (Å²) in [5.41, 5.74) is 1.45. The molecular formula is C22H18ClFN6O2. The number of H-pyrrole nitrogens is 2. The number of rotatable bonds is 1. The number of benzene rings is 2. The molecule has 0 spiro atoms. The van der Waals surface area contributed by atoms with Crippen LogP contribution in [0.3, 0.4) is 0 Å². The number of fused-ring (bicyclic) bond motifs is 6. The van der Waals surface area contributed by atoms with Crippen LogP contribution in [0.5, 0.6) is 5.75 Å². The maximum Gasteiger partial charge on any atom is 0.323 e. The first-order chi connectivity index (χ1) is 15.6. The average molecular weight is 453 g/mol. The Morgan fingerprint density at radius 3 is 3.03 bits per heavy atom. The number of para-hydroxylation sites is 1. The van der Waals surface area contributed by atoms with Crippen LogP contribution in [0.25, 0.3) is 33.1 Å². The van der Waals surface area contributed by atoms with Gasteiger partial charge in [0.05, 0.1) is 27.5 Å². The van der Waals surface area contributed by atoms with Gasteiger partial charge >= 0.3 is 5.69 Å². The molecule has 0 radical (unpaired) electrons. The van der Waals surface area contributed by atoms with Crippen molar-refractivity contribution in [2.45, 2.75) is 31.0 Å². The highest BCUT2D eigenvalue weighted by atomic mass is 35.5. The highest BCUT2D eigenvalue weighted by Crippen LogP contribution is 2.49. The van der Waals surface area contributed by atoms with Crippen LogP contribution in [-0.4, -0.2) is 51.2 Å². The van der Waals surface area contributed by atoms with Crippen molar-refractivity contribution in [1.29, 1.82) is 0 Å². The molecule has 10 heteroatoms. The van der Waals surface area contributed by atoms with Gasteiger partial charge in [0.1, 0.15) is 24.3 Å². The largest absolute Gasteiger partial charge is 0.489 e. The van der Waals surface area contributed by atoms with Crippen LogP contribution in [-0.2, 0) is 0 Å². The number of piperazine rings is 1. The highest BCUT2D eigenvalue weighted by Gasteiger charge is 2.44. The zero-order valence-electron chi connectivity index (χ0n) is 16.8. The summed E-state index contributed by atoms with van der Waals surface area (Å²) in [6.45, 7) is 1.19. The Balaban J connectivity index is 1.53. The van der Waals surface area contributed by atoms with Crippen LogP contribution >= 0.6 is 11.6 Å². The van der Waals surface area contributed by atoms with Gasteiger partial charge in [-0.3, -0.25) is 0 Å². The van der Waals surface area contributed by atoms with E-state index in [-0.39, 0.29) is 33.9 Å². The third-order valence-electron chi connectivity index (χ3n) is 6.95. The number of aromatic nitrogens is 4. The van der Waals surface area contributed by atoms with Crippen molar-refractivity contribution in [2.24, 2.45) is 0 Å². The molecule has 2 aromatic carbocycles. The lowest BCUT2D eigenvalue weighted by molar-refractivity contribution is 0.244. The minimum atomic E-state index is -0.563. The van der Waals surface area contributed by atoms with Gasteiger partial charge in [-0.1, -0.05) is 23.7 Å². The number of hydrogen-bond acceptors (Lipinski definition) is 6. The molecule has 4 aromatic rings. The van der Waals surface area contributed by atoms with Gasteiger partial charge in [0, 0.05) is 29.8 Å². The minimum Gasteiger partial charge on any atom is -0.489 e. The lowest BCUT2D eigenvalue weighted by Crippen LogP contribution is -2.60. The van der Waals surface area contributed by atoms with E-state index in [1.54, 1.807) is 18.2 Å². The van der Waals surface area contributed by atoms with Gasteiger partial charge in [-0.2, -0.15) is 0 Å². The van der Waals surface area contributed by atoms with Crippen molar-refractivity contribution >= 4 is 39.4 Å². The molecule has 162 valence electrons. The Morgan fingerprint density at radius 2 is 2.12 bits per heavy atom. The summed E-state index contributed by atoms with van der Waals surface area (Å²) in [5, 5.41) is 4.30. The molecule has 5 heterocycles. The zero-order chi connectivity index (χ0) is 21.6. The van der Waals surface area contributed by atoms with E-state index >= 15 is 4.39 Å². The standard InChI is InChI=1S/C22H18ClFN6O2/c23-16-14(10-2-1-3-12-18(10)29-22(31)28-12)17(24)19-15-20(16)32-7-13-11-5-4-9(27-11)6-30(13)21(15)26-8-25-19/h1-3,8-9,11,13,27H,4-7H2,(H2,28,29,31)/t9-,11+,13+/m1/s1. The number of nitrogens with one attached hydrogen (secondary N) is 3. The van der Waals surface area contributed by atoms with E-state index in [4.69, 9.17) is 16.3 Å². The lowest BCUT2D eigenvalue weighted by Gasteiger charge is -2.40. The summed E-state index contributed by atoms with van der Waals surface area (Å²) in [6.07, 6.45) is 3.56. The second kappa shape index (κ2) is 6.43. The number of aromatic amines is 2. The molecule has 8 nitrogen and oxygen atoms in total. The van der Waals surface area contributed by atoms with Gasteiger partial charge in [-0.05, 0) is 18.9 Å². The van der Waals surface area contributed by atoms with Gasteiger partial charge in [-0.25, -0.2) is 19.2 Å². The second-order valence-electron chi connectivity index (χ2n) is 8.64. The molecular weight excluding hydrogens is 435 g/mol. The van der Waals surface area contributed by atoms with E-state index in [1.807, 2.05) is 0 Å². The molecule has 0 saturated carbocycles. The molecule has 7 rings (SSSR count). The average Bonchev–Trinajstić information content (AvgIpc) is 3.31. The van der Waals surface area contributed by atoms with Gasteiger partial charge < -0.3 is 24.9 Å². The number of anilines is 1. The van der Waals surface area contributed by atoms with E-state index < -0.39 is 5.82 Å². The first-order valence-electron chi connectivity index (χ1n) is 10.6. The van der Waals surface area contributed by atoms with Gasteiger partial charge in [0.15, 0.2) is 11.6 Å². The third kappa shape index (κ3) is 2.37. The minimum absolute atomic E-state index is 0.0753. The van der Waals surface area contributed by atoms with Crippen LogP contribution in [0.15, 0.2) is 29.3 Å². The van der Waals surface area contributed by atoms with Crippen LogP contribution < -0.4 is 20.6 Å². The summed E-state index contributed by atoms with van der Waals surface area (Å²) >= 11 is 6.83. The Bertz CT molecular complexity index is 1480. The molecule has 3 N–H and O–H groups in total. The number of imidazole rings is 1. The first kappa shape index (κ1) is 18.4. The predicted octanol–water partition coefficient (Wildman–Crippen LogP) is 2.96. The van der Waals surface area contributed by atoms with Crippen molar-refractivity contribution in [3.05, 3.63) is 45.9 Å². The van der Waals surface area contributed by atoms with Crippen molar-refractivity contribution < 1.29 is 9.13 Å². The SMILES string of the molecule is O=c1[nH]c2cccc(-c3c(Cl)c4c5c(ncnc5c3F)N3C[C@H]5CC[C@H](N5)[C@@H]3CO4)c2[nH]1. The molecule has 2 saturated heterocycles. The molecule has 2 aromatic heterocycles. The second-order valence-corrected chi connectivity index (χ2v) is 9.02. The fraction of sp³-hybridized carbons (Fsp3) is 0.318. The molecule has 3 aliphatic rings. The monoisotopic (exact) mass is 452 g/mol. The van der Waals surface area contributed by atoms with Gasteiger partial charge in [-0.15, -0.1) is 0 Å². The molecule has 0 aliphatic carbocycles. The fourth-order valence-corrected chi connectivity index (χ4v) is 5.89. The van der Waals surface area contributed by atoms with Crippen LogP contribution in [0.1, 0.15) is 12.8 Å². The van der Waals surface area contributed by atoms with Crippen molar-refractivity contribution in [3.8, 4) is 16.9 Å². The lowest BCUT2D eigenvalue weighted by atomic mass is 10.00. The van der Waals surface area contributed by atoms with Gasteiger partial charge in [0.25, 0.3) is 0 Å².